The number of anilines is 3. The highest BCUT2D eigenvalue weighted by Gasteiger charge is 2.24. The number of nitrogens with zero attached hydrogens (tertiary/aromatic N) is 6. The lowest BCUT2D eigenvalue weighted by Crippen LogP contribution is -2.35. The summed E-state index contributed by atoms with van der Waals surface area (Å²) in [6, 6.07) is 2.58. The fourth-order valence-electron chi connectivity index (χ4n) is 3.31. The summed E-state index contributed by atoms with van der Waals surface area (Å²) in [7, 11) is 0. The van der Waals surface area contributed by atoms with Crippen molar-refractivity contribution in [2.45, 2.75) is 45.2 Å². The lowest BCUT2D eigenvalue weighted by molar-refractivity contribution is 0.122. The SMILES string of the molecule is Cc1cnc(Nc2cnn(CC(F)F)c2)nc1NC[C@H]1CCCN1CCC#N. The third-order valence-electron chi connectivity index (χ3n) is 4.70. The third-order valence-corrected chi connectivity index (χ3v) is 4.70. The van der Waals surface area contributed by atoms with Crippen LogP contribution in [0.2, 0.25) is 0 Å². The van der Waals surface area contributed by atoms with Crippen LogP contribution in [0, 0.1) is 18.3 Å². The van der Waals surface area contributed by atoms with Crippen LogP contribution >= 0.6 is 0 Å². The van der Waals surface area contributed by atoms with E-state index in [2.05, 4.69) is 36.7 Å². The van der Waals surface area contributed by atoms with Crippen LogP contribution in [-0.4, -0.2) is 56.7 Å². The largest absolute Gasteiger partial charge is 0.368 e. The summed E-state index contributed by atoms with van der Waals surface area (Å²) in [4.78, 5) is 11.1. The molecule has 2 aromatic heterocycles. The molecule has 150 valence electrons. The number of halogens is 2. The molecule has 0 spiro atoms. The molecule has 0 saturated carbocycles. The van der Waals surface area contributed by atoms with Crippen molar-refractivity contribution in [3.63, 3.8) is 0 Å². The molecule has 0 amide bonds. The van der Waals surface area contributed by atoms with Gasteiger partial charge in [0.05, 0.1) is 18.0 Å². The lowest BCUT2D eigenvalue weighted by Gasteiger charge is -2.24. The Morgan fingerprint density at radius 3 is 3.04 bits per heavy atom. The average molecular weight is 390 g/mol. The minimum absolute atomic E-state index is 0.373. The molecular formula is C18H24F2N8. The molecule has 0 aromatic carbocycles. The number of nitriles is 1. The van der Waals surface area contributed by atoms with E-state index >= 15 is 0 Å². The van der Waals surface area contributed by atoms with Gasteiger partial charge < -0.3 is 10.6 Å². The summed E-state index contributed by atoms with van der Waals surface area (Å²) in [6.45, 7) is 4.03. The van der Waals surface area contributed by atoms with Gasteiger partial charge >= 0.3 is 0 Å². The smallest absolute Gasteiger partial charge is 0.257 e. The first-order chi connectivity index (χ1) is 13.5. The second-order valence-electron chi connectivity index (χ2n) is 6.81. The van der Waals surface area contributed by atoms with Gasteiger partial charge in [-0.3, -0.25) is 9.58 Å². The molecule has 8 nitrogen and oxygen atoms in total. The topological polar surface area (TPSA) is 94.7 Å². The first-order valence-corrected chi connectivity index (χ1v) is 9.31. The van der Waals surface area contributed by atoms with Crippen LogP contribution < -0.4 is 10.6 Å². The van der Waals surface area contributed by atoms with E-state index in [1.807, 2.05) is 6.92 Å². The maximum atomic E-state index is 12.4. The highest BCUT2D eigenvalue weighted by atomic mass is 19.3. The zero-order valence-corrected chi connectivity index (χ0v) is 15.8. The van der Waals surface area contributed by atoms with Crippen LogP contribution in [0.4, 0.5) is 26.2 Å². The second kappa shape index (κ2) is 9.41. The van der Waals surface area contributed by atoms with E-state index in [9.17, 15) is 8.78 Å². The molecule has 0 bridgehead atoms. The van der Waals surface area contributed by atoms with Crippen LogP contribution in [-0.2, 0) is 6.54 Å². The summed E-state index contributed by atoms with van der Waals surface area (Å²) in [5.41, 5.74) is 1.47. The first-order valence-electron chi connectivity index (χ1n) is 9.31. The van der Waals surface area contributed by atoms with Gasteiger partial charge in [-0.05, 0) is 26.3 Å². The Kier molecular flexibility index (Phi) is 6.71. The molecule has 1 atom stereocenters. The molecule has 2 aromatic rings. The highest BCUT2D eigenvalue weighted by Crippen LogP contribution is 2.20. The minimum Gasteiger partial charge on any atom is -0.368 e. The summed E-state index contributed by atoms with van der Waals surface area (Å²) in [6.07, 6.45) is 4.98. The van der Waals surface area contributed by atoms with E-state index in [0.29, 0.717) is 24.1 Å². The van der Waals surface area contributed by atoms with Gasteiger partial charge in [0.1, 0.15) is 12.4 Å². The first kappa shape index (κ1) is 19.9. The number of hydrogen-bond donors (Lipinski definition) is 2. The summed E-state index contributed by atoms with van der Waals surface area (Å²) < 4.78 is 26.0. The van der Waals surface area contributed by atoms with Gasteiger partial charge in [0, 0.05) is 43.5 Å². The Morgan fingerprint density at radius 2 is 2.25 bits per heavy atom. The van der Waals surface area contributed by atoms with Crippen LogP contribution in [0.25, 0.3) is 0 Å². The Labute approximate surface area is 162 Å². The van der Waals surface area contributed by atoms with Gasteiger partial charge in [0.25, 0.3) is 6.43 Å². The molecule has 3 heterocycles. The predicted molar refractivity (Wildman–Crippen MR) is 102 cm³/mol. The maximum Gasteiger partial charge on any atom is 0.257 e. The Bertz CT molecular complexity index is 816. The Morgan fingerprint density at radius 1 is 1.39 bits per heavy atom. The quantitative estimate of drug-likeness (QED) is 0.680. The molecule has 1 aliphatic heterocycles. The average Bonchev–Trinajstić information content (AvgIpc) is 3.29. The molecule has 0 radical (unpaired) electrons. The van der Waals surface area contributed by atoms with Crippen molar-refractivity contribution in [1.29, 1.82) is 5.26 Å². The molecule has 0 aliphatic carbocycles. The van der Waals surface area contributed by atoms with Gasteiger partial charge in [-0.1, -0.05) is 0 Å². The molecule has 1 fully saturated rings. The normalized spacial score (nSPS) is 17.0. The number of alkyl halides is 2. The van der Waals surface area contributed by atoms with Crippen molar-refractivity contribution in [2.24, 2.45) is 0 Å². The van der Waals surface area contributed by atoms with Gasteiger partial charge in [-0.15, -0.1) is 0 Å². The van der Waals surface area contributed by atoms with Crippen molar-refractivity contribution in [3.8, 4) is 6.07 Å². The second-order valence-corrected chi connectivity index (χ2v) is 6.81. The summed E-state index contributed by atoms with van der Waals surface area (Å²) in [5, 5.41) is 19.1. The van der Waals surface area contributed by atoms with Gasteiger partial charge in [0.2, 0.25) is 5.95 Å². The Hall–Kier alpha value is -2.80. The number of likely N-dealkylation sites (tertiary alicyclic amines) is 1. The van der Waals surface area contributed by atoms with Crippen molar-refractivity contribution in [1.82, 2.24) is 24.6 Å². The van der Waals surface area contributed by atoms with Gasteiger partial charge in [-0.25, -0.2) is 13.8 Å². The van der Waals surface area contributed by atoms with E-state index in [1.165, 1.54) is 17.1 Å². The molecule has 10 heteroatoms. The number of rotatable bonds is 9. The summed E-state index contributed by atoms with van der Waals surface area (Å²) in [5.74, 6) is 1.10. The molecule has 0 unspecified atom stereocenters. The molecule has 1 saturated heterocycles. The zero-order valence-electron chi connectivity index (χ0n) is 15.8. The van der Waals surface area contributed by atoms with Crippen LogP contribution in [0.15, 0.2) is 18.6 Å². The van der Waals surface area contributed by atoms with Crippen LogP contribution in [0.5, 0.6) is 0 Å². The van der Waals surface area contributed by atoms with Crippen molar-refractivity contribution in [3.05, 3.63) is 24.2 Å². The van der Waals surface area contributed by atoms with E-state index in [-0.39, 0.29) is 0 Å². The monoisotopic (exact) mass is 390 g/mol. The van der Waals surface area contributed by atoms with Crippen molar-refractivity contribution >= 4 is 17.5 Å². The number of aromatic nitrogens is 4. The van der Waals surface area contributed by atoms with Crippen molar-refractivity contribution in [2.75, 3.05) is 30.3 Å². The van der Waals surface area contributed by atoms with Crippen LogP contribution in [0.1, 0.15) is 24.8 Å². The minimum atomic E-state index is -2.46. The fraction of sp³-hybridized carbons (Fsp3) is 0.556. The number of nitrogens with one attached hydrogen (secondary N) is 2. The number of aryl methyl sites for hydroxylation is 1. The van der Waals surface area contributed by atoms with E-state index in [0.717, 1.165) is 43.9 Å². The van der Waals surface area contributed by atoms with Crippen LogP contribution in [0.3, 0.4) is 0 Å². The fourth-order valence-corrected chi connectivity index (χ4v) is 3.31. The standard InChI is InChI=1S/C18H24F2N8/c1-13-8-23-18(25-14-9-24-28(11-14)12-16(19)20)26-17(13)22-10-15-4-2-6-27(15)7-3-5-21/h8-9,11,15-16H,2-4,6-7,10,12H2,1H3,(H2,22,23,25,26)/t15-/m1/s1. The highest BCUT2D eigenvalue weighted by molar-refractivity contribution is 5.54. The molecular weight excluding hydrogens is 366 g/mol. The molecule has 28 heavy (non-hydrogen) atoms. The van der Waals surface area contributed by atoms with E-state index in [4.69, 9.17) is 5.26 Å². The zero-order chi connectivity index (χ0) is 19.9. The van der Waals surface area contributed by atoms with E-state index < -0.39 is 13.0 Å². The third kappa shape index (κ3) is 5.36. The maximum absolute atomic E-state index is 12.4. The predicted octanol–water partition coefficient (Wildman–Crippen LogP) is 2.78. The molecule has 1 aliphatic rings. The summed E-state index contributed by atoms with van der Waals surface area (Å²) >= 11 is 0. The Balaban J connectivity index is 1.60. The molecule has 3 rings (SSSR count). The number of hydrogen-bond acceptors (Lipinski definition) is 7. The van der Waals surface area contributed by atoms with E-state index in [1.54, 1.807) is 6.20 Å². The lowest BCUT2D eigenvalue weighted by atomic mass is 10.2. The van der Waals surface area contributed by atoms with Gasteiger partial charge in [0.15, 0.2) is 0 Å². The molecule has 2 N–H and O–H groups in total. The van der Waals surface area contributed by atoms with Crippen molar-refractivity contribution < 1.29 is 8.78 Å². The van der Waals surface area contributed by atoms with Gasteiger partial charge in [-0.2, -0.15) is 15.3 Å².